The molecule has 2 aromatic rings. The van der Waals surface area contributed by atoms with E-state index in [1.807, 2.05) is 25.1 Å². The number of carbonyl (C=O) groups excluding carboxylic acids is 1. The molecule has 0 fully saturated rings. The summed E-state index contributed by atoms with van der Waals surface area (Å²) in [5.74, 6) is -1.37. The molecule has 0 aliphatic rings. The van der Waals surface area contributed by atoms with Crippen molar-refractivity contribution in [2.45, 2.75) is 25.8 Å². The number of fused-ring (bicyclic) bond motifs is 1. The summed E-state index contributed by atoms with van der Waals surface area (Å²) >= 11 is 6.15. The molecular formula is C15H15ClN2O3. The third kappa shape index (κ3) is 3.70. The topological polar surface area (TPSA) is 79.3 Å². The third-order valence-corrected chi connectivity index (χ3v) is 3.46. The van der Waals surface area contributed by atoms with E-state index in [4.69, 9.17) is 16.7 Å². The Morgan fingerprint density at radius 2 is 2.10 bits per heavy atom. The van der Waals surface area contributed by atoms with Crippen LogP contribution in [0.4, 0.5) is 0 Å². The van der Waals surface area contributed by atoms with Crippen LogP contribution in [0.25, 0.3) is 10.9 Å². The Balaban J connectivity index is 2.25. The molecule has 6 heteroatoms. The van der Waals surface area contributed by atoms with E-state index in [1.54, 1.807) is 6.07 Å². The summed E-state index contributed by atoms with van der Waals surface area (Å²) in [5.41, 5.74) is 0.809. The number of hydrogen-bond acceptors (Lipinski definition) is 3. The molecule has 5 nitrogen and oxygen atoms in total. The van der Waals surface area contributed by atoms with Crippen LogP contribution in [0.2, 0.25) is 5.02 Å². The third-order valence-electron chi connectivity index (χ3n) is 3.15. The predicted molar refractivity (Wildman–Crippen MR) is 80.6 cm³/mol. The van der Waals surface area contributed by atoms with E-state index in [1.165, 1.54) is 6.07 Å². The number of para-hydroxylation sites is 1. The van der Waals surface area contributed by atoms with Gasteiger partial charge in [0.1, 0.15) is 5.69 Å². The zero-order chi connectivity index (χ0) is 15.4. The van der Waals surface area contributed by atoms with Gasteiger partial charge in [-0.2, -0.15) is 0 Å². The molecule has 1 atom stereocenters. The Bertz CT molecular complexity index is 688. The maximum atomic E-state index is 12.2. The molecule has 1 aromatic heterocycles. The number of pyridine rings is 1. The van der Waals surface area contributed by atoms with Crippen LogP contribution in [0.1, 0.15) is 30.3 Å². The van der Waals surface area contributed by atoms with E-state index in [9.17, 15) is 9.59 Å². The van der Waals surface area contributed by atoms with E-state index in [-0.39, 0.29) is 12.1 Å². The molecule has 0 bridgehead atoms. The zero-order valence-corrected chi connectivity index (χ0v) is 12.2. The van der Waals surface area contributed by atoms with Crippen molar-refractivity contribution in [3.8, 4) is 0 Å². The number of carboxylic acid groups (broad SMARTS) is 1. The molecule has 0 aliphatic heterocycles. The molecule has 110 valence electrons. The number of hydrogen-bond donors (Lipinski definition) is 2. The van der Waals surface area contributed by atoms with Crippen LogP contribution in [0.5, 0.6) is 0 Å². The summed E-state index contributed by atoms with van der Waals surface area (Å²) in [6.45, 7) is 1.81. The van der Waals surface area contributed by atoms with Crippen molar-refractivity contribution in [2.75, 3.05) is 0 Å². The average molecular weight is 307 g/mol. The van der Waals surface area contributed by atoms with Gasteiger partial charge in [-0.15, -0.1) is 0 Å². The number of nitrogens with zero attached hydrogens (tertiary/aromatic N) is 1. The van der Waals surface area contributed by atoms with Crippen LogP contribution in [-0.2, 0) is 4.79 Å². The normalized spacial score (nSPS) is 12.1. The molecule has 2 rings (SSSR count). The van der Waals surface area contributed by atoms with Gasteiger partial charge in [-0.25, -0.2) is 4.98 Å². The van der Waals surface area contributed by atoms with Crippen LogP contribution >= 0.6 is 11.6 Å². The first-order valence-electron chi connectivity index (χ1n) is 6.59. The maximum absolute atomic E-state index is 12.2. The molecule has 0 aliphatic carbocycles. The van der Waals surface area contributed by atoms with E-state index < -0.39 is 17.9 Å². The van der Waals surface area contributed by atoms with E-state index in [0.717, 1.165) is 5.39 Å². The Hall–Kier alpha value is -2.14. The standard InChI is InChI=1S/C15H15ClN2O3/c1-2-9(7-14(19)20)17-15(21)13-8-11(16)10-5-3-4-6-12(10)18-13/h3-6,8-9H,2,7H2,1H3,(H,17,21)(H,19,20). The number of benzene rings is 1. The van der Waals surface area contributed by atoms with Crippen molar-refractivity contribution in [3.05, 3.63) is 41.0 Å². The van der Waals surface area contributed by atoms with Crippen molar-refractivity contribution in [3.63, 3.8) is 0 Å². The Kier molecular flexibility index (Phi) is 4.75. The second-order valence-corrected chi connectivity index (χ2v) is 5.09. The first kappa shape index (κ1) is 15.3. The van der Waals surface area contributed by atoms with Crippen molar-refractivity contribution in [2.24, 2.45) is 0 Å². The first-order valence-corrected chi connectivity index (χ1v) is 6.97. The molecule has 1 heterocycles. The summed E-state index contributed by atoms with van der Waals surface area (Å²) < 4.78 is 0. The van der Waals surface area contributed by atoms with Gasteiger partial charge in [0.15, 0.2) is 0 Å². The number of amides is 1. The number of aromatic nitrogens is 1. The van der Waals surface area contributed by atoms with E-state index in [2.05, 4.69) is 10.3 Å². The molecular weight excluding hydrogens is 292 g/mol. The highest BCUT2D eigenvalue weighted by atomic mass is 35.5. The number of rotatable bonds is 5. The van der Waals surface area contributed by atoms with Crippen molar-refractivity contribution < 1.29 is 14.7 Å². The van der Waals surface area contributed by atoms with Gasteiger partial charge in [-0.1, -0.05) is 36.7 Å². The van der Waals surface area contributed by atoms with Crippen LogP contribution in [0.3, 0.4) is 0 Å². The number of nitrogens with one attached hydrogen (secondary N) is 1. The van der Waals surface area contributed by atoms with Gasteiger partial charge in [-0.3, -0.25) is 9.59 Å². The smallest absolute Gasteiger partial charge is 0.305 e. The fraction of sp³-hybridized carbons (Fsp3) is 0.267. The van der Waals surface area contributed by atoms with Gasteiger partial charge in [0.05, 0.1) is 17.0 Å². The number of carboxylic acids is 1. The molecule has 1 aromatic carbocycles. The molecule has 2 N–H and O–H groups in total. The number of carbonyl (C=O) groups is 2. The Labute approximate surface area is 126 Å². The quantitative estimate of drug-likeness (QED) is 0.890. The molecule has 1 amide bonds. The molecule has 0 spiro atoms. The lowest BCUT2D eigenvalue weighted by Crippen LogP contribution is -2.36. The molecule has 0 saturated carbocycles. The highest BCUT2D eigenvalue weighted by Gasteiger charge is 2.17. The van der Waals surface area contributed by atoms with E-state index in [0.29, 0.717) is 17.0 Å². The minimum absolute atomic E-state index is 0.121. The monoisotopic (exact) mass is 306 g/mol. The van der Waals surface area contributed by atoms with Crippen LogP contribution < -0.4 is 5.32 Å². The highest BCUT2D eigenvalue weighted by molar-refractivity contribution is 6.35. The molecule has 21 heavy (non-hydrogen) atoms. The average Bonchev–Trinajstić information content (AvgIpc) is 2.46. The highest BCUT2D eigenvalue weighted by Crippen LogP contribution is 2.22. The van der Waals surface area contributed by atoms with Gasteiger partial charge in [-0.05, 0) is 18.6 Å². The maximum Gasteiger partial charge on any atom is 0.305 e. The van der Waals surface area contributed by atoms with Gasteiger partial charge in [0.25, 0.3) is 5.91 Å². The van der Waals surface area contributed by atoms with Gasteiger partial charge in [0, 0.05) is 11.4 Å². The first-order chi connectivity index (χ1) is 10.0. The van der Waals surface area contributed by atoms with Crippen LogP contribution in [0, 0.1) is 0 Å². The van der Waals surface area contributed by atoms with Gasteiger partial charge >= 0.3 is 5.97 Å². The number of aliphatic carboxylic acids is 1. The van der Waals surface area contributed by atoms with Crippen molar-refractivity contribution in [1.82, 2.24) is 10.3 Å². The second kappa shape index (κ2) is 6.54. The predicted octanol–water partition coefficient (Wildman–Crippen LogP) is 2.87. The molecule has 0 saturated heterocycles. The van der Waals surface area contributed by atoms with Crippen molar-refractivity contribution >= 4 is 34.4 Å². The lowest BCUT2D eigenvalue weighted by Gasteiger charge is -2.14. The molecule has 1 unspecified atom stereocenters. The lowest BCUT2D eigenvalue weighted by molar-refractivity contribution is -0.137. The summed E-state index contributed by atoms with van der Waals surface area (Å²) in [6.07, 6.45) is 0.406. The SMILES string of the molecule is CCC(CC(=O)O)NC(=O)c1cc(Cl)c2ccccc2n1. The summed E-state index contributed by atoms with van der Waals surface area (Å²) in [4.78, 5) is 27.2. The second-order valence-electron chi connectivity index (χ2n) is 4.68. The fourth-order valence-corrected chi connectivity index (χ4v) is 2.28. The van der Waals surface area contributed by atoms with Crippen molar-refractivity contribution in [1.29, 1.82) is 0 Å². The zero-order valence-electron chi connectivity index (χ0n) is 11.5. The van der Waals surface area contributed by atoms with Gasteiger partial charge in [0.2, 0.25) is 0 Å². The summed E-state index contributed by atoms with van der Waals surface area (Å²) in [7, 11) is 0. The lowest BCUT2D eigenvalue weighted by atomic mass is 10.1. The largest absolute Gasteiger partial charge is 0.481 e. The minimum Gasteiger partial charge on any atom is -0.481 e. The number of halogens is 1. The van der Waals surface area contributed by atoms with Crippen LogP contribution in [-0.4, -0.2) is 28.0 Å². The van der Waals surface area contributed by atoms with Crippen LogP contribution in [0.15, 0.2) is 30.3 Å². The summed E-state index contributed by atoms with van der Waals surface area (Å²) in [5, 5.41) is 12.7. The Morgan fingerprint density at radius 3 is 2.76 bits per heavy atom. The fourth-order valence-electron chi connectivity index (χ4n) is 2.02. The van der Waals surface area contributed by atoms with Gasteiger partial charge < -0.3 is 10.4 Å². The summed E-state index contributed by atoms with van der Waals surface area (Å²) in [6, 6.07) is 8.31. The minimum atomic E-state index is -0.952. The molecule has 0 radical (unpaired) electrons. The van der Waals surface area contributed by atoms with E-state index >= 15 is 0 Å². The Morgan fingerprint density at radius 1 is 1.38 bits per heavy atom.